The van der Waals surface area contributed by atoms with Gasteiger partial charge in [-0.1, -0.05) is 27.5 Å². The molecule has 0 radical (unpaired) electrons. The Kier molecular flexibility index (Phi) is 4.29. The minimum Gasteiger partial charge on any atom is -0.369 e. The SMILES string of the molecule is CN(C)/C=N/C(=O)c1ccc(Br)cc1Cl. The number of aliphatic imine (C=N–C) groups is 1. The third-order valence-corrected chi connectivity index (χ3v) is 2.37. The molecule has 0 aliphatic rings. The predicted octanol–water partition coefficient (Wildman–Crippen LogP) is 2.83. The molecule has 1 amide bonds. The van der Waals surface area contributed by atoms with Crippen molar-refractivity contribution in [3.63, 3.8) is 0 Å². The van der Waals surface area contributed by atoms with Gasteiger partial charge in [-0.25, -0.2) is 0 Å². The van der Waals surface area contributed by atoms with E-state index < -0.39 is 0 Å². The van der Waals surface area contributed by atoms with Crippen LogP contribution in [0.15, 0.2) is 27.7 Å². The summed E-state index contributed by atoms with van der Waals surface area (Å²) in [5.74, 6) is -0.346. The van der Waals surface area contributed by atoms with Crippen LogP contribution in [0.4, 0.5) is 0 Å². The molecule has 0 saturated heterocycles. The Hall–Kier alpha value is -0.870. The zero-order valence-corrected chi connectivity index (χ0v) is 10.7. The molecule has 1 aromatic rings. The molecule has 3 nitrogen and oxygen atoms in total. The Bertz CT molecular complexity index is 404. The second kappa shape index (κ2) is 5.28. The van der Waals surface area contributed by atoms with E-state index in [1.165, 1.54) is 6.34 Å². The van der Waals surface area contributed by atoms with Crippen LogP contribution in [0.5, 0.6) is 0 Å². The van der Waals surface area contributed by atoms with Crippen LogP contribution in [0.25, 0.3) is 0 Å². The first-order valence-corrected chi connectivity index (χ1v) is 5.38. The summed E-state index contributed by atoms with van der Waals surface area (Å²) >= 11 is 9.17. The number of hydrogen-bond acceptors (Lipinski definition) is 1. The molecule has 1 aromatic carbocycles. The Labute approximate surface area is 102 Å². The van der Waals surface area contributed by atoms with Gasteiger partial charge in [0, 0.05) is 18.6 Å². The number of carbonyl (C=O) groups excluding carboxylic acids is 1. The summed E-state index contributed by atoms with van der Waals surface area (Å²) < 4.78 is 0.834. The highest BCUT2D eigenvalue weighted by atomic mass is 79.9. The fourth-order valence-corrected chi connectivity index (χ4v) is 1.65. The van der Waals surface area contributed by atoms with Crippen LogP contribution in [0.1, 0.15) is 10.4 Å². The van der Waals surface area contributed by atoms with E-state index in [9.17, 15) is 4.79 Å². The maximum absolute atomic E-state index is 11.6. The van der Waals surface area contributed by atoms with E-state index in [4.69, 9.17) is 11.6 Å². The molecule has 0 spiro atoms. The van der Waals surface area contributed by atoms with E-state index in [1.807, 2.05) is 0 Å². The van der Waals surface area contributed by atoms with E-state index in [0.717, 1.165) is 4.47 Å². The summed E-state index contributed by atoms with van der Waals surface area (Å²) in [7, 11) is 3.58. The molecule has 0 atom stereocenters. The average molecular weight is 290 g/mol. The van der Waals surface area contributed by atoms with Gasteiger partial charge in [0.05, 0.1) is 16.9 Å². The van der Waals surface area contributed by atoms with Gasteiger partial charge in [0.15, 0.2) is 0 Å². The average Bonchev–Trinajstić information content (AvgIpc) is 2.14. The van der Waals surface area contributed by atoms with E-state index in [2.05, 4.69) is 20.9 Å². The van der Waals surface area contributed by atoms with Crippen LogP contribution in [-0.2, 0) is 0 Å². The van der Waals surface area contributed by atoms with Crippen LogP contribution < -0.4 is 0 Å². The summed E-state index contributed by atoms with van der Waals surface area (Å²) in [6, 6.07) is 5.06. The molecule has 80 valence electrons. The summed E-state index contributed by atoms with van der Waals surface area (Å²) in [6.45, 7) is 0. The first kappa shape index (κ1) is 12.2. The molecule has 0 heterocycles. The molecule has 0 unspecified atom stereocenters. The van der Waals surface area contributed by atoms with E-state index in [-0.39, 0.29) is 5.91 Å². The molecule has 0 aromatic heterocycles. The lowest BCUT2D eigenvalue weighted by molar-refractivity contribution is 0.100. The maximum Gasteiger partial charge on any atom is 0.279 e. The summed E-state index contributed by atoms with van der Waals surface area (Å²) in [6.07, 6.45) is 1.45. The van der Waals surface area contributed by atoms with Crippen molar-refractivity contribution in [3.8, 4) is 0 Å². The van der Waals surface area contributed by atoms with Crippen LogP contribution in [-0.4, -0.2) is 31.2 Å². The highest BCUT2D eigenvalue weighted by molar-refractivity contribution is 9.10. The largest absolute Gasteiger partial charge is 0.369 e. The minimum absolute atomic E-state index is 0.346. The maximum atomic E-state index is 11.6. The van der Waals surface area contributed by atoms with Crippen molar-refractivity contribution in [2.24, 2.45) is 4.99 Å². The lowest BCUT2D eigenvalue weighted by Gasteiger charge is -2.03. The van der Waals surface area contributed by atoms with Crippen molar-refractivity contribution in [1.29, 1.82) is 0 Å². The van der Waals surface area contributed by atoms with Crippen LogP contribution in [0, 0.1) is 0 Å². The fraction of sp³-hybridized carbons (Fsp3) is 0.200. The van der Waals surface area contributed by atoms with Gasteiger partial charge in [0.25, 0.3) is 5.91 Å². The molecule has 1 rings (SSSR count). The highest BCUT2D eigenvalue weighted by Crippen LogP contribution is 2.21. The topological polar surface area (TPSA) is 32.7 Å². The second-order valence-electron chi connectivity index (χ2n) is 3.14. The van der Waals surface area contributed by atoms with Gasteiger partial charge in [0.1, 0.15) is 0 Å². The Morgan fingerprint density at radius 1 is 1.53 bits per heavy atom. The van der Waals surface area contributed by atoms with Crippen molar-refractivity contribution in [2.75, 3.05) is 14.1 Å². The van der Waals surface area contributed by atoms with Crippen molar-refractivity contribution >= 4 is 39.8 Å². The normalized spacial score (nSPS) is 10.7. The Morgan fingerprint density at radius 3 is 2.73 bits per heavy atom. The number of benzene rings is 1. The molecule has 15 heavy (non-hydrogen) atoms. The Balaban J connectivity index is 2.92. The molecule has 5 heteroatoms. The van der Waals surface area contributed by atoms with Gasteiger partial charge < -0.3 is 4.90 Å². The molecular weight excluding hydrogens is 279 g/mol. The lowest BCUT2D eigenvalue weighted by Crippen LogP contribution is -2.09. The molecular formula is C10H10BrClN2O. The lowest BCUT2D eigenvalue weighted by atomic mass is 10.2. The van der Waals surface area contributed by atoms with Crippen LogP contribution >= 0.6 is 27.5 Å². The zero-order chi connectivity index (χ0) is 11.4. The second-order valence-corrected chi connectivity index (χ2v) is 4.46. The monoisotopic (exact) mass is 288 g/mol. The molecule has 0 N–H and O–H groups in total. The van der Waals surface area contributed by atoms with E-state index in [1.54, 1.807) is 37.2 Å². The van der Waals surface area contributed by atoms with Gasteiger partial charge in [-0.3, -0.25) is 4.79 Å². The number of hydrogen-bond donors (Lipinski definition) is 0. The van der Waals surface area contributed by atoms with Gasteiger partial charge in [-0.05, 0) is 18.2 Å². The van der Waals surface area contributed by atoms with Crippen molar-refractivity contribution in [1.82, 2.24) is 4.90 Å². The highest BCUT2D eigenvalue weighted by Gasteiger charge is 2.08. The summed E-state index contributed by atoms with van der Waals surface area (Å²) in [5, 5.41) is 0.394. The molecule has 0 fully saturated rings. The van der Waals surface area contributed by atoms with Crippen molar-refractivity contribution < 1.29 is 4.79 Å². The fourth-order valence-electron chi connectivity index (χ4n) is 0.900. The zero-order valence-electron chi connectivity index (χ0n) is 8.37. The summed E-state index contributed by atoms with van der Waals surface area (Å²) in [5.41, 5.74) is 0.401. The smallest absolute Gasteiger partial charge is 0.279 e. The van der Waals surface area contributed by atoms with E-state index in [0.29, 0.717) is 10.6 Å². The summed E-state index contributed by atoms with van der Waals surface area (Å²) in [4.78, 5) is 17.0. The first-order chi connectivity index (χ1) is 7.00. The van der Waals surface area contributed by atoms with Crippen molar-refractivity contribution in [2.45, 2.75) is 0 Å². The predicted molar refractivity (Wildman–Crippen MR) is 65.7 cm³/mol. The number of carbonyl (C=O) groups is 1. The number of amides is 1. The Morgan fingerprint density at radius 2 is 2.20 bits per heavy atom. The third kappa shape index (κ3) is 3.64. The van der Waals surface area contributed by atoms with Gasteiger partial charge in [-0.2, -0.15) is 4.99 Å². The minimum atomic E-state index is -0.346. The van der Waals surface area contributed by atoms with E-state index >= 15 is 0 Å². The van der Waals surface area contributed by atoms with Crippen LogP contribution in [0.2, 0.25) is 5.02 Å². The number of nitrogens with zero attached hydrogens (tertiary/aromatic N) is 2. The molecule has 0 aliphatic heterocycles. The standard InChI is InChI=1S/C10H10BrClN2O/c1-14(2)6-13-10(15)8-4-3-7(11)5-9(8)12/h3-6H,1-2H3/b13-6+. The van der Waals surface area contributed by atoms with Crippen molar-refractivity contribution in [3.05, 3.63) is 33.3 Å². The van der Waals surface area contributed by atoms with Gasteiger partial charge in [-0.15, -0.1) is 0 Å². The third-order valence-electron chi connectivity index (χ3n) is 1.57. The first-order valence-electron chi connectivity index (χ1n) is 4.20. The van der Waals surface area contributed by atoms with Gasteiger partial charge in [0.2, 0.25) is 0 Å². The number of halogens is 2. The molecule has 0 bridgehead atoms. The molecule has 0 aliphatic carbocycles. The number of rotatable bonds is 2. The molecule has 0 saturated carbocycles. The quantitative estimate of drug-likeness (QED) is 0.619. The van der Waals surface area contributed by atoms with Crippen LogP contribution in [0.3, 0.4) is 0 Å². The van der Waals surface area contributed by atoms with Gasteiger partial charge >= 0.3 is 0 Å².